The van der Waals surface area contributed by atoms with E-state index in [0.717, 1.165) is 23.9 Å². The van der Waals surface area contributed by atoms with E-state index in [9.17, 15) is 9.59 Å². The first-order valence-corrected chi connectivity index (χ1v) is 10.1. The van der Waals surface area contributed by atoms with Crippen molar-refractivity contribution in [3.05, 3.63) is 66.0 Å². The van der Waals surface area contributed by atoms with Crippen molar-refractivity contribution in [3.8, 4) is 0 Å². The molecule has 6 heteroatoms. The number of imidazole rings is 1. The summed E-state index contributed by atoms with van der Waals surface area (Å²) < 4.78 is 1.89. The van der Waals surface area contributed by atoms with Crippen LogP contribution in [0, 0.1) is 0 Å². The van der Waals surface area contributed by atoms with Gasteiger partial charge in [-0.15, -0.1) is 0 Å². The van der Waals surface area contributed by atoms with Gasteiger partial charge in [-0.2, -0.15) is 0 Å². The standard InChI is InChI=1S/C23H28N4O2/c1-4-18(5-2)25-21(28)15-27-20-14-10-9-13-19(20)26-22(27)16(3)24-23(29)17-11-7-6-8-12-17/h6-14,16,18H,4-5,15H2,1-3H3,(H,24,29)(H,25,28). The largest absolute Gasteiger partial charge is 0.352 e. The molecule has 6 nitrogen and oxygen atoms in total. The maximum absolute atomic E-state index is 12.7. The summed E-state index contributed by atoms with van der Waals surface area (Å²) in [4.78, 5) is 29.9. The SMILES string of the molecule is CCC(CC)NC(=O)Cn1c(C(C)NC(=O)c2ccccc2)nc2ccccc21. The van der Waals surface area contributed by atoms with Gasteiger partial charge in [-0.25, -0.2) is 4.98 Å². The Morgan fingerprint density at radius 3 is 2.31 bits per heavy atom. The fourth-order valence-electron chi connectivity index (χ4n) is 3.43. The molecule has 0 aliphatic carbocycles. The average molecular weight is 393 g/mol. The second-order valence-electron chi connectivity index (χ2n) is 7.19. The summed E-state index contributed by atoms with van der Waals surface area (Å²) in [7, 11) is 0. The first-order chi connectivity index (χ1) is 14.0. The van der Waals surface area contributed by atoms with Gasteiger partial charge in [0.05, 0.1) is 17.1 Å². The number of carbonyl (C=O) groups excluding carboxylic acids is 2. The van der Waals surface area contributed by atoms with Gasteiger partial charge < -0.3 is 15.2 Å². The van der Waals surface area contributed by atoms with Gasteiger partial charge in [-0.1, -0.05) is 44.2 Å². The number of nitrogens with one attached hydrogen (secondary N) is 2. The summed E-state index contributed by atoms with van der Waals surface area (Å²) >= 11 is 0. The van der Waals surface area contributed by atoms with Crippen LogP contribution in [-0.2, 0) is 11.3 Å². The van der Waals surface area contributed by atoms with E-state index in [4.69, 9.17) is 4.98 Å². The van der Waals surface area contributed by atoms with Crippen LogP contribution in [0.15, 0.2) is 54.6 Å². The molecule has 0 aliphatic rings. The number of benzene rings is 2. The summed E-state index contributed by atoms with van der Waals surface area (Å²) in [5.74, 6) is 0.443. The van der Waals surface area contributed by atoms with Gasteiger partial charge in [0.1, 0.15) is 12.4 Å². The number of aromatic nitrogens is 2. The summed E-state index contributed by atoms with van der Waals surface area (Å²) in [5, 5.41) is 6.07. The maximum Gasteiger partial charge on any atom is 0.251 e. The van der Waals surface area contributed by atoms with Crippen molar-refractivity contribution in [2.45, 2.75) is 52.2 Å². The minimum atomic E-state index is -0.351. The van der Waals surface area contributed by atoms with Crippen molar-refractivity contribution in [1.82, 2.24) is 20.2 Å². The number of hydrogen-bond donors (Lipinski definition) is 2. The Bertz CT molecular complexity index is 977. The molecule has 0 radical (unpaired) electrons. The Morgan fingerprint density at radius 2 is 1.62 bits per heavy atom. The zero-order valence-corrected chi connectivity index (χ0v) is 17.2. The molecular weight excluding hydrogens is 364 g/mol. The summed E-state index contributed by atoms with van der Waals surface area (Å²) in [5.41, 5.74) is 2.27. The predicted molar refractivity (Wildman–Crippen MR) is 115 cm³/mol. The number of nitrogens with zero attached hydrogens (tertiary/aromatic N) is 2. The van der Waals surface area contributed by atoms with E-state index in [1.807, 2.05) is 54.0 Å². The highest BCUT2D eigenvalue weighted by Crippen LogP contribution is 2.21. The van der Waals surface area contributed by atoms with Gasteiger partial charge in [0.15, 0.2) is 0 Å². The number of amides is 2. The van der Waals surface area contributed by atoms with Crippen LogP contribution < -0.4 is 10.6 Å². The zero-order valence-electron chi connectivity index (χ0n) is 17.2. The number of para-hydroxylation sites is 2. The summed E-state index contributed by atoms with van der Waals surface area (Å²) in [6.07, 6.45) is 1.78. The molecule has 1 aromatic heterocycles. The number of fused-ring (bicyclic) bond motifs is 1. The Labute approximate surface area is 171 Å². The highest BCUT2D eigenvalue weighted by atomic mass is 16.2. The topological polar surface area (TPSA) is 76.0 Å². The van der Waals surface area contributed by atoms with E-state index in [1.165, 1.54) is 0 Å². The van der Waals surface area contributed by atoms with E-state index in [0.29, 0.717) is 11.4 Å². The third-order valence-electron chi connectivity index (χ3n) is 5.11. The lowest BCUT2D eigenvalue weighted by molar-refractivity contribution is -0.122. The van der Waals surface area contributed by atoms with E-state index in [1.54, 1.807) is 12.1 Å². The van der Waals surface area contributed by atoms with Crippen LogP contribution in [0.2, 0.25) is 0 Å². The van der Waals surface area contributed by atoms with Gasteiger partial charge in [-0.3, -0.25) is 9.59 Å². The van der Waals surface area contributed by atoms with Gasteiger partial charge in [-0.05, 0) is 44.0 Å². The monoisotopic (exact) mass is 392 g/mol. The average Bonchev–Trinajstić information content (AvgIpc) is 3.11. The van der Waals surface area contributed by atoms with Crippen molar-refractivity contribution in [2.24, 2.45) is 0 Å². The van der Waals surface area contributed by atoms with Crippen LogP contribution in [0.3, 0.4) is 0 Å². The van der Waals surface area contributed by atoms with E-state index >= 15 is 0 Å². The summed E-state index contributed by atoms with van der Waals surface area (Å²) in [6, 6.07) is 16.6. The van der Waals surface area contributed by atoms with E-state index < -0.39 is 0 Å². The van der Waals surface area contributed by atoms with Crippen molar-refractivity contribution in [3.63, 3.8) is 0 Å². The summed E-state index contributed by atoms with van der Waals surface area (Å²) in [6.45, 7) is 6.18. The van der Waals surface area contributed by atoms with E-state index in [2.05, 4.69) is 24.5 Å². The van der Waals surface area contributed by atoms with Crippen LogP contribution >= 0.6 is 0 Å². The Balaban J connectivity index is 1.86. The molecule has 0 saturated carbocycles. The molecular formula is C23H28N4O2. The number of carbonyl (C=O) groups is 2. The Morgan fingerprint density at radius 1 is 0.966 bits per heavy atom. The molecule has 0 saturated heterocycles. The smallest absolute Gasteiger partial charge is 0.251 e. The van der Waals surface area contributed by atoms with E-state index in [-0.39, 0.29) is 30.4 Å². The fraction of sp³-hybridized carbons (Fsp3) is 0.348. The van der Waals surface area contributed by atoms with Crippen LogP contribution in [-0.4, -0.2) is 27.4 Å². The molecule has 0 bridgehead atoms. The van der Waals surface area contributed by atoms with Crippen molar-refractivity contribution < 1.29 is 9.59 Å². The second-order valence-corrected chi connectivity index (χ2v) is 7.19. The highest BCUT2D eigenvalue weighted by Gasteiger charge is 2.21. The molecule has 1 unspecified atom stereocenters. The maximum atomic E-state index is 12.7. The molecule has 3 rings (SSSR count). The molecule has 0 aliphatic heterocycles. The van der Waals surface area contributed by atoms with Crippen LogP contribution in [0.5, 0.6) is 0 Å². The number of rotatable bonds is 8. The first-order valence-electron chi connectivity index (χ1n) is 10.1. The molecule has 2 amide bonds. The van der Waals surface area contributed by atoms with Crippen molar-refractivity contribution in [2.75, 3.05) is 0 Å². The highest BCUT2D eigenvalue weighted by molar-refractivity contribution is 5.94. The quantitative estimate of drug-likeness (QED) is 0.612. The molecule has 152 valence electrons. The molecule has 0 fully saturated rings. The minimum absolute atomic E-state index is 0.0512. The molecule has 2 N–H and O–H groups in total. The van der Waals surface area contributed by atoms with Gasteiger partial charge in [0.25, 0.3) is 5.91 Å². The fourth-order valence-corrected chi connectivity index (χ4v) is 3.43. The third-order valence-corrected chi connectivity index (χ3v) is 5.11. The van der Waals surface area contributed by atoms with Crippen LogP contribution in [0.4, 0.5) is 0 Å². The second kappa shape index (κ2) is 9.37. The Kier molecular flexibility index (Phi) is 6.65. The van der Waals surface area contributed by atoms with Crippen molar-refractivity contribution in [1.29, 1.82) is 0 Å². The molecule has 3 aromatic rings. The first kappa shape index (κ1) is 20.6. The van der Waals surface area contributed by atoms with Crippen molar-refractivity contribution >= 4 is 22.8 Å². The predicted octanol–water partition coefficient (Wildman–Crippen LogP) is 3.83. The molecule has 29 heavy (non-hydrogen) atoms. The molecule has 2 aromatic carbocycles. The van der Waals surface area contributed by atoms with Gasteiger partial charge >= 0.3 is 0 Å². The lowest BCUT2D eigenvalue weighted by atomic mass is 10.2. The lowest BCUT2D eigenvalue weighted by Crippen LogP contribution is -2.37. The molecule has 1 heterocycles. The minimum Gasteiger partial charge on any atom is -0.352 e. The molecule has 1 atom stereocenters. The molecule has 0 spiro atoms. The van der Waals surface area contributed by atoms with Crippen LogP contribution in [0.1, 0.15) is 55.8 Å². The van der Waals surface area contributed by atoms with Gasteiger partial charge in [0.2, 0.25) is 5.91 Å². The van der Waals surface area contributed by atoms with Gasteiger partial charge in [0, 0.05) is 11.6 Å². The third kappa shape index (κ3) is 4.83. The normalized spacial score (nSPS) is 12.1. The number of hydrogen-bond acceptors (Lipinski definition) is 3. The Hall–Kier alpha value is -3.15. The zero-order chi connectivity index (χ0) is 20.8. The van der Waals surface area contributed by atoms with Crippen LogP contribution in [0.25, 0.3) is 11.0 Å². The lowest BCUT2D eigenvalue weighted by Gasteiger charge is -2.18.